The molecule has 648 valence electrons. The van der Waals surface area contributed by atoms with Crippen LogP contribution in [0.4, 0.5) is 0 Å². The Kier molecular flexibility index (Phi) is 21.6. The largest absolute Gasteiger partial charge is 0.456 e. The van der Waals surface area contributed by atoms with Gasteiger partial charge in [-0.1, -0.05) is 443 Å². The van der Waals surface area contributed by atoms with Gasteiger partial charge in [-0.25, -0.2) is 0 Å². The molecule has 0 saturated carbocycles. The second-order valence-electron chi connectivity index (χ2n) is 34.9. The van der Waals surface area contributed by atoms with Crippen LogP contribution in [0.25, 0.3) is 261 Å². The van der Waals surface area contributed by atoms with Gasteiger partial charge in [0.2, 0.25) is 0 Å². The van der Waals surface area contributed by atoms with Crippen molar-refractivity contribution < 1.29 is 13.3 Å². The van der Waals surface area contributed by atoms with Gasteiger partial charge in [-0.15, -0.1) is 34.0 Å². The Hall–Kier alpha value is -17.1. The number of hydrogen-bond acceptors (Lipinski definition) is 6. The summed E-state index contributed by atoms with van der Waals surface area (Å²) in [6.07, 6.45) is 0. The molecule has 3 nitrogen and oxygen atoms in total. The van der Waals surface area contributed by atoms with E-state index in [0.717, 1.165) is 65.8 Å². The third-order valence-electron chi connectivity index (χ3n) is 26.8. The van der Waals surface area contributed by atoms with Crippen molar-refractivity contribution in [2.45, 2.75) is 0 Å². The zero-order valence-electron chi connectivity index (χ0n) is 74.9. The van der Waals surface area contributed by atoms with E-state index in [2.05, 4.69) is 473 Å². The van der Waals surface area contributed by atoms with Crippen LogP contribution in [0.1, 0.15) is 0 Å². The lowest BCUT2D eigenvalue weighted by Crippen LogP contribution is -1.89. The maximum atomic E-state index is 6.19. The molecular formula is C132H84O3S3. The Morgan fingerprint density at radius 3 is 0.688 bits per heavy atom. The van der Waals surface area contributed by atoms with E-state index >= 15 is 0 Å². The van der Waals surface area contributed by atoms with Crippen molar-refractivity contribution in [3.8, 4) is 163 Å². The predicted octanol–water partition coefficient (Wildman–Crippen LogP) is 39.4. The van der Waals surface area contributed by atoms with Crippen LogP contribution in [0, 0.1) is 0 Å². The zero-order chi connectivity index (χ0) is 91.4. The van der Waals surface area contributed by atoms with E-state index in [1.54, 1.807) is 0 Å². The zero-order valence-corrected chi connectivity index (χ0v) is 77.4. The molecule has 0 amide bonds. The van der Waals surface area contributed by atoms with Crippen LogP contribution in [0.3, 0.4) is 0 Å². The van der Waals surface area contributed by atoms with Gasteiger partial charge in [-0.05, 0) is 167 Å². The normalized spacial score (nSPS) is 11.5. The van der Waals surface area contributed by atoms with Crippen molar-refractivity contribution in [3.05, 3.63) is 510 Å². The number of fused-ring (bicyclic) bond motifs is 12. The maximum absolute atomic E-state index is 6.19. The van der Waals surface area contributed by atoms with Gasteiger partial charge in [-0.3, -0.25) is 0 Å². The average molecular weight is 1810 g/mol. The number of benzene rings is 21. The second-order valence-corrected chi connectivity index (χ2v) is 38.0. The quantitative estimate of drug-likeness (QED) is 0.103. The van der Waals surface area contributed by atoms with Crippen molar-refractivity contribution in [2.75, 3.05) is 0 Å². The number of hydrogen-bond donors (Lipinski definition) is 0. The highest BCUT2D eigenvalue weighted by Crippen LogP contribution is 2.55. The molecule has 6 heterocycles. The summed E-state index contributed by atoms with van der Waals surface area (Å²) in [4.78, 5) is 7.73. The molecule has 0 radical (unpaired) electrons. The molecule has 21 aromatic carbocycles. The molecule has 0 aliphatic carbocycles. The molecule has 0 aliphatic rings. The summed E-state index contributed by atoms with van der Waals surface area (Å²) in [5.74, 6) is 0. The topological polar surface area (TPSA) is 39.4 Å². The molecule has 27 aromatic rings. The van der Waals surface area contributed by atoms with Gasteiger partial charge in [-0.2, -0.15) is 0 Å². The minimum absolute atomic E-state index is 0.910. The molecule has 0 bridgehead atoms. The molecule has 27 rings (SSSR count). The Morgan fingerprint density at radius 1 is 0.109 bits per heavy atom. The summed E-state index contributed by atoms with van der Waals surface area (Å²) in [6.45, 7) is 0. The van der Waals surface area contributed by atoms with E-state index in [-0.39, 0.29) is 0 Å². The Morgan fingerprint density at radius 2 is 0.326 bits per heavy atom. The number of para-hydroxylation sites is 3. The van der Waals surface area contributed by atoms with Crippen molar-refractivity contribution in [2.24, 2.45) is 0 Å². The van der Waals surface area contributed by atoms with Crippen LogP contribution >= 0.6 is 34.0 Å². The smallest absolute Gasteiger partial charge is 0.135 e. The van der Waals surface area contributed by atoms with Gasteiger partial charge >= 0.3 is 0 Å². The lowest BCUT2D eigenvalue weighted by molar-refractivity contribution is 0.668. The summed E-state index contributed by atoms with van der Waals surface area (Å²) in [7, 11) is 0. The van der Waals surface area contributed by atoms with Crippen LogP contribution in [0.15, 0.2) is 523 Å². The second kappa shape index (κ2) is 36.0. The first kappa shape index (κ1) is 82.8. The van der Waals surface area contributed by atoms with Crippen molar-refractivity contribution >= 4 is 132 Å². The fourth-order valence-corrected chi connectivity index (χ4v) is 24.3. The summed E-state index contributed by atoms with van der Waals surface area (Å²) in [6, 6.07) is 183. The molecule has 6 heteroatoms. The highest BCUT2D eigenvalue weighted by atomic mass is 32.1. The van der Waals surface area contributed by atoms with Crippen molar-refractivity contribution in [3.63, 3.8) is 0 Å². The van der Waals surface area contributed by atoms with E-state index in [9.17, 15) is 0 Å². The monoisotopic (exact) mass is 1810 g/mol. The van der Waals surface area contributed by atoms with Gasteiger partial charge in [0.05, 0.1) is 0 Å². The third-order valence-corrected chi connectivity index (χ3v) is 30.7. The predicted molar refractivity (Wildman–Crippen MR) is 589 cm³/mol. The van der Waals surface area contributed by atoms with Crippen LogP contribution in [0.5, 0.6) is 0 Å². The lowest BCUT2D eigenvalue weighted by Gasteiger charge is -2.16. The fraction of sp³-hybridized carbons (Fsp3) is 0. The maximum Gasteiger partial charge on any atom is 0.135 e. The minimum atomic E-state index is 0.910. The van der Waals surface area contributed by atoms with Gasteiger partial charge < -0.3 is 13.3 Å². The lowest BCUT2D eigenvalue weighted by atomic mass is 9.88. The van der Waals surface area contributed by atoms with E-state index in [0.29, 0.717) is 0 Å². The van der Waals surface area contributed by atoms with Gasteiger partial charge in [0.25, 0.3) is 0 Å². The number of furan rings is 3. The van der Waals surface area contributed by atoms with E-state index < -0.39 is 0 Å². The highest BCUT2D eigenvalue weighted by Gasteiger charge is 2.27. The van der Waals surface area contributed by atoms with Gasteiger partial charge in [0, 0.05) is 127 Å². The first-order valence-electron chi connectivity index (χ1n) is 46.8. The van der Waals surface area contributed by atoms with Crippen LogP contribution in [-0.2, 0) is 0 Å². The first-order chi connectivity index (χ1) is 68.5. The average Bonchev–Trinajstić information content (AvgIpc) is 1.59. The summed E-state index contributed by atoms with van der Waals surface area (Å²) < 4.78 is 18.5. The summed E-state index contributed by atoms with van der Waals surface area (Å²) in [5.41, 5.74) is 34.9. The minimum Gasteiger partial charge on any atom is -0.456 e. The standard InChI is InChI=1S/3C44H28OS/c1-3-14-29(15-4-1)32-18-7-8-20-35(32)43-36-21-9-10-22-37(36)44(46-43)38-24-13-23-33(42(38)30-16-5-2-6-17-30)31-26-27-41-39(28-31)34-19-11-12-25-40(34)45-41;1-3-13-29(14-4-1)33-17-7-8-19-36(33)43-37-20-9-10-21-38(37)44(46-43)40-28-31(23-25-34(40)30-15-5-2-6-16-30)32-24-26-42-39(27-32)35-18-11-12-22-41(35)45-42;1-3-13-29(14-4-1)33-17-7-8-19-35(33)43-36-20-9-10-21-37(36)44(46-43)38-25-23-31(27-39(38)30-15-5-2-6-16-30)32-24-26-42-40(28-32)34-18-11-12-22-41(34)45-42/h3*1-28H. The molecule has 0 unspecified atom stereocenters. The Balaban J connectivity index is 0.000000110. The molecular weight excluding hydrogens is 1730 g/mol. The first-order valence-corrected chi connectivity index (χ1v) is 49.2. The molecule has 0 saturated heterocycles. The Labute approximate surface area is 811 Å². The van der Waals surface area contributed by atoms with Gasteiger partial charge in [0.15, 0.2) is 0 Å². The molecule has 0 spiro atoms. The van der Waals surface area contributed by atoms with Gasteiger partial charge in [0.1, 0.15) is 33.5 Å². The molecule has 138 heavy (non-hydrogen) atoms. The SMILES string of the molecule is c1ccc(-c2ccccc2-c2sc(-c3cc(-c4ccc5oc6ccccc6c5c4)ccc3-c3ccccc3)c3ccccc23)cc1.c1ccc(-c2ccccc2-c2sc(-c3ccc(-c4ccc5oc6ccccc6c5c4)cc3-c3ccccc3)c3ccccc23)cc1.c1ccc(-c2ccccc2-c2sc(-c3cccc(-c4ccc5oc6ccccc6c5c4)c3-c3ccccc3)c3ccccc23)cc1. The fourth-order valence-electron chi connectivity index (χ4n) is 20.3. The van der Waals surface area contributed by atoms with Crippen LogP contribution in [0.2, 0.25) is 0 Å². The van der Waals surface area contributed by atoms with Crippen LogP contribution in [-0.4, -0.2) is 0 Å². The molecule has 0 fully saturated rings. The Bertz CT molecular complexity index is 9090. The number of thiophene rings is 3. The molecule has 6 aromatic heterocycles. The summed E-state index contributed by atoms with van der Waals surface area (Å²) >= 11 is 5.67. The van der Waals surface area contributed by atoms with E-state index in [1.807, 2.05) is 70.4 Å². The third kappa shape index (κ3) is 15.3. The summed E-state index contributed by atoms with van der Waals surface area (Å²) in [5, 5.41) is 14.5. The molecule has 0 N–H and O–H groups in total. The van der Waals surface area contributed by atoms with E-state index in [4.69, 9.17) is 13.3 Å². The van der Waals surface area contributed by atoms with Crippen molar-refractivity contribution in [1.82, 2.24) is 0 Å². The molecule has 0 aliphatic heterocycles. The molecule has 0 atom stereocenters. The van der Waals surface area contributed by atoms with E-state index in [1.165, 1.54) is 195 Å². The number of rotatable bonds is 15. The van der Waals surface area contributed by atoms with Crippen LogP contribution < -0.4 is 0 Å². The van der Waals surface area contributed by atoms with Crippen molar-refractivity contribution in [1.29, 1.82) is 0 Å². The highest BCUT2D eigenvalue weighted by molar-refractivity contribution is 7.22.